The van der Waals surface area contributed by atoms with Gasteiger partial charge in [-0.2, -0.15) is 0 Å². The quantitative estimate of drug-likeness (QED) is 0.588. The van der Waals surface area contributed by atoms with Gasteiger partial charge in [-0.25, -0.2) is 0 Å². The lowest BCUT2D eigenvalue weighted by molar-refractivity contribution is -0.119. The zero-order valence-corrected chi connectivity index (χ0v) is 19.8. The van der Waals surface area contributed by atoms with Gasteiger partial charge in [0.25, 0.3) is 5.91 Å². The Morgan fingerprint density at radius 2 is 1.71 bits per heavy atom. The van der Waals surface area contributed by atoms with Crippen LogP contribution in [0, 0.1) is 12.8 Å². The van der Waals surface area contributed by atoms with Crippen molar-refractivity contribution >= 4 is 17.5 Å². The molecule has 0 radical (unpaired) electrons. The summed E-state index contributed by atoms with van der Waals surface area (Å²) in [5.41, 5.74) is 1.40. The third-order valence-corrected chi connectivity index (χ3v) is 7.19. The van der Waals surface area contributed by atoms with Gasteiger partial charge in [0.05, 0.1) is 11.3 Å². The van der Waals surface area contributed by atoms with Gasteiger partial charge >= 0.3 is 0 Å². The molecule has 1 saturated heterocycles. The lowest BCUT2D eigenvalue weighted by atomic mass is 9.85. The molecule has 1 aromatic carbocycles. The molecule has 1 saturated carbocycles. The minimum atomic E-state index is -0.896. The fourth-order valence-electron chi connectivity index (χ4n) is 5.03. The second-order valence-electron chi connectivity index (χ2n) is 9.58. The third kappa shape index (κ3) is 5.85. The summed E-state index contributed by atoms with van der Waals surface area (Å²) in [6.45, 7) is 2.77. The first-order chi connectivity index (χ1) is 16.5. The van der Waals surface area contributed by atoms with Crippen molar-refractivity contribution < 1.29 is 24.0 Å². The van der Waals surface area contributed by atoms with Crippen LogP contribution in [-0.2, 0) is 15.1 Å². The second kappa shape index (κ2) is 11.1. The Morgan fingerprint density at radius 3 is 2.32 bits per heavy atom. The third-order valence-electron chi connectivity index (χ3n) is 7.19. The van der Waals surface area contributed by atoms with E-state index >= 15 is 0 Å². The van der Waals surface area contributed by atoms with Crippen molar-refractivity contribution in [1.82, 2.24) is 10.5 Å². The normalized spacial score (nSPS) is 20.1. The summed E-state index contributed by atoms with van der Waals surface area (Å²) >= 11 is 0. The maximum Gasteiger partial charge on any atom is 0.257 e. The minimum Gasteiger partial charge on any atom is -0.385 e. The topological polar surface area (TPSA) is 114 Å². The number of benzene rings is 1. The van der Waals surface area contributed by atoms with Crippen LogP contribution >= 0.6 is 0 Å². The number of aromatic nitrogens is 1. The van der Waals surface area contributed by atoms with E-state index in [2.05, 4.69) is 15.8 Å². The van der Waals surface area contributed by atoms with E-state index in [1.54, 1.807) is 6.92 Å². The van der Waals surface area contributed by atoms with E-state index in [-0.39, 0.29) is 17.7 Å². The van der Waals surface area contributed by atoms with Gasteiger partial charge in [-0.15, -0.1) is 0 Å². The van der Waals surface area contributed by atoms with Gasteiger partial charge in [0.1, 0.15) is 17.9 Å². The molecule has 2 aromatic rings. The Kier molecular flexibility index (Phi) is 8.00. The molecule has 34 heavy (non-hydrogen) atoms. The molecule has 8 heteroatoms. The number of aryl methyl sites for hydroxylation is 1. The molecular formula is C26H35N3O5. The second-order valence-corrected chi connectivity index (χ2v) is 9.58. The van der Waals surface area contributed by atoms with Gasteiger partial charge in [0.15, 0.2) is 0 Å². The minimum absolute atomic E-state index is 0.0617. The molecule has 0 spiro atoms. The summed E-state index contributed by atoms with van der Waals surface area (Å²) in [6, 6.07) is 6.67. The zero-order valence-electron chi connectivity index (χ0n) is 19.8. The van der Waals surface area contributed by atoms with Gasteiger partial charge in [0, 0.05) is 31.7 Å². The number of anilines is 1. The summed E-state index contributed by atoms with van der Waals surface area (Å²) in [4.78, 5) is 26.3. The van der Waals surface area contributed by atoms with E-state index in [0.717, 1.165) is 44.1 Å². The predicted octanol–water partition coefficient (Wildman–Crippen LogP) is 4.08. The molecule has 8 nitrogen and oxygen atoms in total. The van der Waals surface area contributed by atoms with Crippen molar-refractivity contribution in [2.75, 3.05) is 18.5 Å². The molecular weight excluding hydrogens is 434 g/mol. The Labute approximate surface area is 200 Å². The number of carbonyl (C=O) groups is 2. The Balaban J connectivity index is 1.48. The van der Waals surface area contributed by atoms with Crippen molar-refractivity contribution in [2.45, 2.75) is 76.4 Å². The highest BCUT2D eigenvalue weighted by molar-refractivity contribution is 6.01. The fourth-order valence-corrected chi connectivity index (χ4v) is 5.03. The molecule has 3 N–H and O–H groups in total. The van der Waals surface area contributed by atoms with Gasteiger partial charge in [-0.05, 0) is 43.4 Å². The number of nitrogens with one attached hydrogen (secondary N) is 2. The molecule has 1 aliphatic carbocycles. The van der Waals surface area contributed by atoms with Gasteiger partial charge in [-0.3, -0.25) is 9.59 Å². The molecule has 2 aliphatic rings. The highest BCUT2D eigenvalue weighted by atomic mass is 16.5. The van der Waals surface area contributed by atoms with E-state index in [0.29, 0.717) is 43.0 Å². The van der Waals surface area contributed by atoms with Crippen LogP contribution in [0.3, 0.4) is 0 Å². The number of hydrogen-bond acceptors (Lipinski definition) is 6. The molecule has 1 atom stereocenters. The van der Waals surface area contributed by atoms with E-state index in [1.807, 2.05) is 24.3 Å². The average Bonchev–Trinajstić information content (AvgIpc) is 3.24. The van der Waals surface area contributed by atoms with E-state index in [9.17, 15) is 14.7 Å². The Morgan fingerprint density at radius 1 is 1.06 bits per heavy atom. The highest BCUT2D eigenvalue weighted by Gasteiger charge is 2.33. The molecule has 2 fully saturated rings. The van der Waals surface area contributed by atoms with Gasteiger partial charge < -0.3 is 25.0 Å². The smallest absolute Gasteiger partial charge is 0.257 e. The Bertz CT molecular complexity index is 957. The van der Waals surface area contributed by atoms with Crippen LogP contribution in [-0.4, -0.2) is 41.3 Å². The molecule has 2 heterocycles. The molecule has 184 valence electrons. The fraction of sp³-hybridized carbons (Fsp3) is 0.577. The van der Waals surface area contributed by atoms with E-state index in [1.165, 1.54) is 12.7 Å². The first kappa shape index (κ1) is 24.4. The zero-order chi connectivity index (χ0) is 24.0. The number of amides is 2. The van der Waals surface area contributed by atoms with Crippen molar-refractivity contribution in [2.24, 2.45) is 5.92 Å². The first-order valence-electron chi connectivity index (χ1n) is 12.4. The average molecular weight is 470 g/mol. The van der Waals surface area contributed by atoms with Crippen LogP contribution in [0.4, 0.5) is 5.69 Å². The van der Waals surface area contributed by atoms with Crippen molar-refractivity contribution in [3.05, 3.63) is 47.3 Å². The highest BCUT2D eigenvalue weighted by Crippen LogP contribution is 2.32. The molecule has 0 bridgehead atoms. The summed E-state index contributed by atoms with van der Waals surface area (Å²) in [6.07, 6.45) is 9.84. The van der Waals surface area contributed by atoms with Crippen LogP contribution in [0.15, 0.2) is 35.1 Å². The lowest BCUT2D eigenvalue weighted by Crippen LogP contribution is -2.48. The summed E-state index contributed by atoms with van der Waals surface area (Å²) in [5.74, 6) is -0.518. The number of nitrogens with zero attached hydrogens (tertiary/aromatic N) is 1. The number of aliphatic hydroxyl groups is 1. The largest absolute Gasteiger partial charge is 0.385 e. The molecule has 1 unspecified atom stereocenters. The van der Waals surface area contributed by atoms with Crippen LogP contribution in [0.1, 0.15) is 79.4 Å². The SMILES string of the molecule is Cc1nocc1C(=O)NC(C(=O)Nc1ccc(C2(O)CCOCC2)cc1)C1CCCCCCC1. The van der Waals surface area contributed by atoms with E-state index < -0.39 is 11.6 Å². The molecule has 2 amide bonds. The number of carbonyl (C=O) groups excluding carboxylic acids is 2. The Hall–Kier alpha value is -2.71. The lowest BCUT2D eigenvalue weighted by Gasteiger charge is -2.32. The van der Waals surface area contributed by atoms with Gasteiger partial charge in [0.2, 0.25) is 5.91 Å². The summed E-state index contributed by atoms with van der Waals surface area (Å²) in [7, 11) is 0. The van der Waals surface area contributed by atoms with Crippen molar-refractivity contribution in [3.63, 3.8) is 0 Å². The van der Waals surface area contributed by atoms with E-state index in [4.69, 9.17) is 9.26 Å². The van der Waals surface area contributed by atoms with Crippen LogP contribution in [0.5, 0.6) is 0 Å². The molecule has 1 aromatic heterocycles. The number of hydrogen-bond donors (Lipinski definition) is 3. The maximum absolute atomic E-state index is 13.4. The predicted molar refractivity (Wildman–Crippen MR) is 127 cm³/mol. The van der Waals surface area contributed by atoms with Crippen LogP contribution in [0.25, 0.3) is 0 Å². The maximum atomic E-state index is 13.4. The van der Waals surface area contributed by atoms with Crippen LogP contribution < -0.4 is 10.6 Å². The summed E-state index contributed by atoms with van der Waals surface area (Å²) in [5, 5.41) is 20.6. The number of ether oxygens (including phenoxy) is 1. The van der Waals surface area contributed by atoms with Crippen LogP contribution in [0.2, 0.25) is 0 Å². The summed E-state index contributed by atoms with van der Waals surface area (Å²) < 4.78 is 10.3. The molecule has 4 rings (SSSR count). The van der Waals surface area contributed by atoms with Crippen molar-refractivity contribution in [3.8, 4) is 0 Å². The molecule has 1 aliphatic heterocycles. The van der Waals surface area contributed by atoms with Crippen molar-refractivity contribution in [1.29, 1.82) is 0 Å². The first-order valence-corrected chi connectivity index (χ1v) is 12.4. The number of rotatable bonds is 6. The van der Waals surface area contributed by atoms with Gasteiger partial charge in [-0.1, -0.05) is 49.4 Å². The monoisotopic (exact) mass is 469 g/mol. The standard InChI is InChI=1S/C26H35N3O5/c1-18-22(17-34-29-18)24(30)28-23(19-7-5-3-2-4-6-8-19)25(31)27-21-11-9-20(10-12-21)26(32)13-15-33-16-14-26/h9-12,17,19,23,32H,2-8,13-16H2,1H3,(H,27,31)(H,28,30).